The first-order valence-corrected chi connectivity index (χ1v) is 9.89. The predicted molar refractivity (Wildman–Crippen MR) is 93.7 cm³/mol. The molecule has 0 radical (unpaired) electrons. The average molecular weight is 302 g/mol. The molecule has 3 fully saturated rings. The van der Waals surface area contributed by atoms with E-state index in [0.29, 0.717) is 5.41 Å². The molecule has 0 aromatic carbocycles. The highest BCUT2D eigenvalue weighted by atomic mass is 15.2. The SMILES string of the molecule is CC(C)C1=C(C(C)C)[C@]2(CCN(C(C)C)[C@@H]3CC[C@@H]32)[C@H]2C[C@@H]12. The number of allylic oxidation sites excluding steroid dienone is 2. The largest absolute Gasteiger partial charge is 0.298 e. The summed E-state index contributed by atoms with van der Waals surface area (Å²) in [6.45, 7) is 16.0. The second kappa shape index (κ2) is 4.85. The summed E-state index contributed by atoms with van der Waals surface area (Å²) in [4.78, 5) is 2.84. The maximum absolute atomic E-state index is 2.84. The molecule has 22 heavy (non-hydrogen) atoms. The predicted octanol–water partition coefficient (Wildman–Crippen LogP) is 5.12. The van der Waals surface area contributed by atoms with E-state index < -0.39 is 0 Å². The molecule has 2 saturated carbocycles. The molecule has 0 amide bonds. The van der Waals surface area contributed by atoms with Crippen molar-refractivity contribution < 1.29 is 0 Å². The van der Waals surface area contributed by atoms with E-state index in [1.165, 1.54) is 32.2 Å². The summed E-state index contributed by atoms with van der Waals surface area (Å²) in [5.41, 5.74) is 4.47. The van der Waals surface area contributed by atoms with Gasteiger partial charge in [-0.25, -0.2) is 0 Å². The zero-order chi connectivity index (χ0) is 15.8. The third-order valence-corrected chi connectivity index (χ3v) is 7.64. The van der Waals surface area contributed by atoms with Crippen molar-refractivity contribution in [3.05, 3.63) is 11.1 Å². The molecule has 0 aromatic rings. The van der Waals surface area contributed by atoms with Gasteiger partial charge in [-0.15, -0.1) is 0 Å². The molecule has 1 aliphatic heterocycles. The Bertz CT molecular complexity index is 500. The lowest BCUT2D eigenvalue weighted by Gasteiger charge is -2.61. The van der Waals surface area contributed by atoms with Gasteiger partial charge in [-0.3, -0.25) is 4.90 Å². The van der Waals surface area contributed by atoms with Crippen molar-refractivity contribution >= 4 is 0 Å². The Labute approximate surface area is 137 Å². The van der Waals surface area contributed by atoms with Gasteiger partial charge in [0.2, 0.25) is 0 Å². The van der Waals surface area contributed by atoms with Crippen LogP contribution in [0.5, 0.6) is 0 Å². The molecule has 1 spiro atoms. The Morgan fingerprint density at radius 3 is 2.18 bits per heavy atom. The van der Waals surface area contributed by atoms with Crippen molar-refractivity contribution in [2.45, 2.75) is 79.3 Å². The Morgan fingerprint density at radius 2 is 1.68 bits per heavy atom. The van der Waals surface area contributed by atoms with Crippen LogP contribution < -0.4 is 0 Å². The summed E-state index contributed by atoms with van der Waals surface area (Å²) in [6, 6.07) is 1.63. The molecule has 124 valence electrons. The van der Waals surface area contributed by atoms with E-state index in [0.717, 1.165) is 41.7 Å². The van der Waals surface area contributed by atoms with Crippen LogP contribution in [0.3, 0.4) is 0 Å². The molecule has 1 heteroatoms. The number of hydrogen-bond acceptors (Lipinski definition) is 1. The van der Waals surface area contributed by atoms with Gasteiger partial charge in [0.15, 0.2) is 0 Å². The summed E-state index contributed by atoms with van der Waals surface area (Å²) >= 11 is 0. The zero-order valence-corrected chi connectivity index (χ0v) is 15.5. The molecule has 1 nitrogen and oxygen atoms in total. The summed E-state index contributed by atoms with van der Waals surface area (Å²) < 4.78 is 0. The highest BCUT2D eigenvalue weighted by molar-refractivity contribution is 5.43. The summed E-state index contributed by atoms with van der Waals surface area (Å²) in [5, 5.41) is 0. The molecule has 0 N–H and O–H groups in total. The zero-order valence-electron chi connectivity index (χ0n) is 15.5. The maximum Gasteiger partial charge on any atom is 0.0135 e. The number of piperidine rings is 1. The molecule has 1 heterocycles. The minimum Gasteiger partial charge on any atom is -0.298 e. The van der Waals surface area contributed by atoms with E-state index in [-0.39, 0.29) is 0 Å². The quantitative estimate of drug-likeness (QED) is 0.654. The Kier molecular flexibility index (Phi) is 3.36. The van der Waals surface area contributed by atoms with E-state index in [1.54, 1.807) is 0 Å². The van der Waals surface area contributed by atoms with Crippen molar-refractivity contribution in [2.75, 3.05) is 6.54 Å². The molecule has 4 rings (SSSR count). The van der Waals surface area contributed by atoms with Crippen molar-refractivity contribution in [1.82, 2.24) is 4.90 Å². The first kappa shape index (κ1) is 15.2. The van der Waals surface area contributed by atoms with Gasteiger partial charge in [0.1, 0.15) is 0 Å². The Morgan fingerprint density at radius 1 is 0.955 bits per heavy atom. The van der Waals surface area contributed by atoms with Crippen LogP contribution in [-0.4, -0.2) is 23.5 Å². The third-order valence-electron chi connectivity index (χ3n) is 7.64. The van der Waals surface area contributed by atoms with E-state index in [2.05, 4.69) is 46.4 Å². The van der Waals surface area contributed by atoms with Gasteiger partial charge in [-0.2, -0.15) is 0 Å². The number of nitrogens with zero attached hydrogens (tertiary/aromatic N) is 1. The summed E-state index contributed by atoms with van der Waals surface area (Å²) in [7, 11) is 0. The molecule has 5 atom stereocenters. The van der Waals surface area contributed by atoms with Crippen LogP contribution in [-0.2, 0) is 0 Å². The van der Waals surface area contributed by atoms with Crippen LogP contribution in [0.4, 0.5) is 0 Å². The van der Waals surface area contributed by atoms with Crippen molar-refractivity contribution in [3.63, 3.8) is 0 Å². The lowest BCUT2D eigenvalue weighted by Crippen LogP contribution is -2.62. The van der Waals surface area contributed by atoms with Gasteiger partial charge in [0.25, 0.3) is 0 Å². The van der Waals surface area contributed by atoms with E-state index in [4.69, 9.17) is 0 Å². The van der Waals surface area contributed by atoms with Crippen LogP contribution in [0.15, 0.2) is 11.1 Å². The normalized spacial score (nSPS) is 44.0. The number of fused-ring (bicyclic) bond motifs is 4. The fourth-order valence-corrected chi connectivity index (χ4v) is 6.97. The van der Waals surface area contributed by atoms with Crippen molar-refractivity contribution in [1.29, 1.82) is 0 Å². The topological polar surface area (TPSA) is 3.24 Å². The number of hydrogen-bond donors (Lipinski definition) is 0. The highest BCUT2D eigenvalue weighted by Crippen LogP contribution is 2.74. The van der Waals surface area contributed by atoms with E-state index >= 15 is 0 Å². The van der Waals surface area contributed by atoms with Crippen LogP contribution in [0.1, 0.15) is 67.2 Å². The van der Waals surface area contributed by atoms with Crippen LogP contribution in [0.25, 0.3) is 0 Å². The van der Waals surface area contributed by atoms with Crippen molar-refractivity contribution in [2.24, 2.45) is 35.0 Å². The van der Waals surface area contributed by atoms with Gasteiger partial charge in [-0.1, -0.05) is 38.8 Å². The molecule has 0 unspecified atom stereocenters. The third kappa shape index (κ3) is 1.75. The fourth-order valence-electron chi connectivity index (χ4n) is 6.97. The average Bonchev–Trinajstić information content (AvgIpc) is 3.11. The molecule has 1 saturated heterocycles. The minimum atomic E-state index is 0.618. The first-order chi connectivity index (χ1) is 10.4. The molecule has 3 aliphatic carbocycles. The standard InChI is InChI=1S/C21H35N/c1-12(2)19-15-11-17(15)21(20(19)13(3)4)9-10-22(14(5)6)18-8-7-16(18)21/h12-18H,7-11H2,1-6H3/t15-,16+,17+,18-,21+/m1/s1. The van der Waals surface area contributed by atoms with Gasteiger partial charge < -0.3 is 0 Å². The van der Waals surface area contributed by atoms with Gasteiger partial charge >= 0.3 is 0 Å². The van der Waals surface area contributed by atoms with Gasteiger partial charge in [0, 0.05) is 17.5 Å². The van der Waals surface area contributed by atoms with Gasteiger partial charge in [0.05, 0.1) is 0 Å². The summed E-state index contributed by atoms with van der Waals surface area (Å²) in [5.74, 6) is 4.52. The van der Waals surface area contributed by atoms with Gasteiger partial charge in [-0.05, 0) is 75.7 Å². The fraction of sp³-hybridized carbons (Fsp3) is 0.905. The monoisotopic (exact) mass is 301 g/mol. The molecular formula is C21H35N. The highest BCUT2D eigenvalue weighted by Gasteiger charge is 2.68. The maximum atomic E-state index is 2.84. The molecule has 0 aromatic heterocycles. The second-order valence-corrected chi connectivity index (χ2v) is 9.50. The van der Waals surface area contributed by atoms with E-state index in [9.17, 15) is 0 Å². The van der Waals surface area contributed by atoms with Crippen LogP contribution >= 0.6 is 0 Å². The summed E-state index contributed by atoms with van der Waals surface area (Å²) in [6.07, 6.45) is 5.94. The van der Waals surface area contributed by atoms with E-state index in [1.807, 2.05) is 11.1 Å². The lowest BCUT2D eigenvalue weighted by atomic mass is 9.52. The molecule has 0 bridgehead atoms. The minimum absolute atomic E-state index is 0.618. The Hall–Kier alpha value is -0.300. The number of likely N-dealkylation sites (tertiary alicyclic amines) is 1. The smallest absolute Gasteiger partial charge is 0.0135 e. The van der Waals surface area contributed by atoms with Crippen molar-refractivity contribution in [3.8, 4) is 0 Å². The Balaban J connectivity index is 1.75. The van der Waals surface area contributed by atoms with Crippen LogP contribution in [0, 0.1) is 35.0 Å². The first-order valence-electron chi connectivity index (χ1n) is 9.89. The second-order valence-electron chi connectivity index (χ2n) is 9.50. The molecular weight excluding hydrogens is 266 g/mol. The van der Waals surface area contributed by atoms with Crippen LogP contribution in [0.2, 0.25) is 0 Å². The lowest BCUT2D eigenvalue weighted by molar-refractivity contribution is -0.0851. The number of rotatable bonds is 3. The molecule has 4 aliphatic rings.